The summed E-state index contributed by atoms with van der Waals surface area (Å²) in [6, 6.07) is 1.74. The van der Waals surface area contributed by atoms with Crippen LogP contribution in [0, 0.1) is 23.3 Å². The molecule has 0 aliphatic heterocycles. The van der Waals surface area contributed by atoms with Crippen molar-refractivity contribution in [3.05, 3.63) is 24.0 Å². The molecule has 0 unspecified atom stereocenters. The lowest BCUT2D eigenvalue weighted by atomic mass is 10.1. The zero-order valence-corrected chi connectivity index (χ0v) is 15.9. The molecule has 1 aliphatic rings. The van der Waals surface area contributed by atoms with Crippen LogP contribution >= 0.6 is 0 Å². The molecule has 25 heavy (non-hydrogen) atoms. The van der Waals surface area contributed by atoms with Crippen LogP contribution in [-0.2, 0) is 4.79 Å². The number of rotatable bonds is 3. The summed E-state index contributed by atoms with van der Waals surface area (Å²) in [5.41, 5.74) is 3.99. The summed E-state index contributed by atoms with van der Waals surface area (Å²) in [4.78, 5) is 20.8. The summed E-state index contributed by atoms with van der Waals surface area (Å²) in [5.74, 6) is 4.23. The van der Waals surface area contributed by atoms with E-state index in [-0.39, 0.29) is 17.6 Å². The van der Waals surface area contributed by atoms with Gasteiger partial charge in [-0.05, 0) is 18.4 Å². The predicted molar refractivity (Wildman–Crippen MR) is 105 cm³/mol. The van der Waals surface area contributed by atoms with E-state index in [0.717, 1.165) is 6.42 Å². The first-order valence-electron chi connectivity index (χ1n) is 9.84. The second-order valence-electron chi connectivity index (χ2n) is 7.57. The van der Waals surface area contributed by atoms with Crippen LogP contribution in [0.25, 0.3) is 10.8 Å². The van der Waals surface area contributed by atoms with E-state index in [1.807, 2.05) is 6.92 Å². The number of aromatic nitrogens is 2. The first kappa shape index (κ1) is 13.8. The van der Waals surface area contributed by atoms with Crippen molar-refractivity contribution in [2.75, 3.05) is 17.6 Å². The van der Waals surface area contributed by atoms with E-state index in [4.69, 9.17) is 4.11 Å². The van der Waals surface area contributed by atoms with E-state index >= 15 is 0 Å². The van der Waals surface area contributed by atoms with Crippen LogP contribution in [0.2, 0.25) is 19.6 Å². The maximum Gasteiger partial charge on any atom is 0.228 e. The molecule has 6 heteroatoms. The highest BCUT2D eigenvalue weighted by atomic mass is 28.3. The third-order valence-electron chi connectivity index (χ3n) is 4.16. The highest BCUT2D eigenvalue weighted by Gasteiger charge is 2.39. The predicted octanol–water partition coefficient (Wildman–Crippen LogP) is 3.49. The van der Waals surface area contributed by atoms with Crippen molar-refractivity contribution in [2.45, 2.75) is 33.0 Å². The lowest BCUT2D eigenvalue weighted by molar-refractivity contribution is -0.117. The highest BCUT2D eigenvalue weighted by molar-refractivity contribution is 6.83. The topological polar surface area (TPSA) is 66.9 Å². The Balaban J connectivity index is 2.05. The molecule has 130 valence electrons. The summed E-state index contributed by atoms with van der Waals surface area (Å²) in [7, 11) is -1.61. The maximum atomic E-state index is 12.2. The van der Waals surface area contributed by atoms with Gasteiger partial charge in [-0.1, -0.05) is 32.5 Å². The summed E-state index contributed by atoms with van der Waals surface area (Å²) >= 11 is 0. The third-order valence-corrected chi connectivity index (χ3v) is 5.04. The van der Waals surface area contributed by atoms with Gasteiger partial charge in [0.1, 0.15) is 19.7 Å². The molecule has 3 rings (SSSR count). The molecule has 1 amide bonds. The fraction of sp³-hybridized carbons (Fsp3) is 0.421. The Morgan fingerprint density at radius 3 is 2.72 bits per heavy atom. The molecule has 0 spiro atoms. The maximum absolute atomic E-state index is 12.2. The monoisotopic (exact) mass is 355 g/mol. The number of fused-ring (bicyclic) bond motifs is 1. The van der Waals surface area contributed by atoms with E-state index in [0.29, 0.717) is 28.1 Å². The molecule has 0 saturated heterocycles. The number of anilines is 2. The molecule has 0 aromatic carbocycles. The molecule has 2 aromatic rings. The van der Waals surface area contributed by atoms with Crippen LogP contribution in [0.1, 0.15) is 23.0 Å². The molecular weight excluding hydrogens is 328 g/mol. The number of nitrogens with zero attached hydrogens (tertiary/aromatic N) is 2. The van der Waals surface area contributed by atoms with Gasteiger partial charge in [0, 0.05) is 40.2 Å². The molecule has 2 N–H and O–H groups in total. The van der Waals surface area contributed by atoms with Crippen LogP contribution < -0.4 is 10.6 Å². The Hall–Kier alpha value is -2.39. The summed E-state index contributed by atoms with van der Waals surface area (Å²) in [5, 5.41) is 6.55. The van der Waals surface area contributed by atoms with Crippen LogP contribution in [-0.4, -0.2) is 30.9 Å². The zero-order chi connectivity index (χ0) is 20.7. The average Bonchev–Trinajstić information content (AvgIpc) is 3.29. The number of nitrogens with one attached hydrogen (secondary N) is 2. The SMILES string of the molecule is [2H]C([2H])([2H])Nc1ncc(C#C[Si](C)(C)C)c2cc(NC(=O)[C@H]3C[C@H]3C)ncc12. The Morgan fingerprint density at radius 1 is 1.32 bits per heavy atom. The van der Waals surface area contributed by atoms with Crippen molar-refractivity contribution in [2.24, 2.45) is 11.8 Å². The minimum atomic E-state index is -2.37. The van der Waals surface area contributed by atoms with Gasteiger partial charge in [-0.15, -0.1) is 5.54 Å². The number of carbonyl (C=O) groups excluding carboxylic acids is 1. The molecule has 0 bridgehead atoms. The quantitative estimate of drug-likeness (QED) is 0.653. The van der Waals surface area contributed by atoms with Gasteiger partial charge < -0.3 is 10.6 Å². The second kappa shape index (κ2) is 6.49. The molecule has 2 aromatic heterocycles. The Kier molecular flexibility index (Phi) is 3.59. The van der Waals surface area contributed by atoms with E-state index < -0.39 is 15.0 Å². The first-order valence-corrected chi connectivity index (χ1v) is 11.8. The molecule has 1 fully saturated rings. The third kappa shape index (κ3) is 3.99. The van der Waals surface area contributed by atoms with Gasteiger partial charge in [-0.3, -0.25) is 4.79 Å². The molecular formula is C19H24N4OSi. The number of hydrogen-bond acceptors (Lipinski definition) is 4. The van der Waals surface area contributed by atoms with Gasteiger partial charge >= 0.3 is 0 Å². The van der Waals surface area contributed by atoms with Gasteiger partial charge in [0.25, 0.3) is 0 Å². The fourth-order valence-corrected chi connectivity index (χ4v) is 3.07. The van der Waals surface area contributed by atoms with Crippen molar-refractivity contribution in [1.82, 2.24) is 9.97 Å². The zero-order valence-electron chi connectivity index (χ0n) is 17.9. The van der Waals surface area contributed by atoms with Crippen molar-refractivity contribution in [3.8, 4) is 11.5 Å². The number of carbonyl (C=O) groups is 1. The minimum Gasteiger partial charge on any atom is -0.373 e. The minimum absolute atomic E-state index is 0.0360. The molecule has 1 aliphatic carbocycles. The van der Waals surface area contributed by atoms with Crippen LogP contribution in [0.4, 0.5) is 11.6 Å². The smallest absolute Gasteiger partial charge is 0.228 e. The number of pyridine rings is 2. The molecule has 2 atom stereocenters. The summed E-state index contributed by atoms with van der Waals surface area (Å²) in [6.45, 7) is 6.10. The van der Waals surface area contributed by atoms with Gasteiger partial charge in [0.15, 0.2) is 0 Å². The van der Waals surface area contributed by atoms with Crippen molar-refractivity contribution in [1.29, 1.82) is 0 Å². The highest BCUT2D eigenvalue weighted by Crippen LogP contribution is 2.38. The average molecular weight is 356 g/mol. The Bertz CT molecular complexity index is 989. The molecule has 5 nitrogen and oxygen atoms in total. The van der Waals surface area contributed by atoms with Crippen molar-refractivity contribution < 1.29 is 8.91 Å². The Morgan fingerprint density at radius 2 is 2.08 bits per heavy atom. The molecule has 0 radical (unpaired) electrons. The van der Waals surface area contributed by atoms with Gasteiger partial charge in [0.05, 0.1) is 5.56 Å². The number of hydrogen-bond donors (Lipinski definition) is 2. The van der Waals surface area contributed by atoms with Crippen LogP contribution in [0.5, 0.6) is 0 Å². The van der Waals surface area contributed by atoms with Gasteiger partial charge in [-0.25, -0.2) is 9.97 Å². The number of amides is 1. The van der Waals surface area contributed by atoms with Crippen molar-refractivity contribution in [3.63, 3.8) is 0 Å². The molecule has 1 saturated carbocycles. The van der Waals surface area contributed by atoms with E-state index in [2.05, 4.69) is 51.7 Å². The van der Waals surface area contributed by atoms with Gasteiger partial charge in [0.2, 0.25) is 5.91 Å². The van der Waals surface area contributed by atoms with Crippen LogP contribution in [0.15, 0.2) is 18.5 Å². The lowest BCUT2D eigenvalue weighted by Gasteiger charge is -2.10. The van der Waals surface area contributed by atoms with Gasteiger partial charge in [-0.2, -0.15) is 0 Å². The lowest BCUT2D eigenvalue weighted by Crippen LogP contribution is -2.16. The standard InChI is InChI=1S/C19H24N4OSi/c1-12-8-14(12)19(24)23-17-9-15-13(6-7-25(3,4)5)10-22-18(20-2)16(15)11-21-17/h9-12,14H,8H2,1-5H3,(H,20,22)(H,21,23,24)/t12-,14+/m1/s1/i2D3. The van der Waals surface area contributed by atoms with E-state index in [1.165, 1.54) is 6.20 Å². The fourth-order valence-electron chi connectivity index (χ4n) is 2.56. The van der Waals surface area contributed by atoms with Crippen LogP contribution in [0.3, 0.4) is 0 Å². The van der Waals surface area contributed by atoms with E-state index in [9.17, 15) is 4.79 Å². The summed E-state index contributed by atoms with van der Waals surface area (Å²) in [6.07, 6.45) is 3.99. The normalized spacial score (nSPS) is 21.4. The first-order chi connectivity index (χ1) is 12.9. The van der Waals surface area contributed by atoms with Crippen molar-refractivity contribution >= 4 is 36.4 Å². The molecule has 2 heterocycles. The largest absolute Gasteiger partial charge is 0.373 e. The Labute approximate surface area is 153 Å². The summed E-state index contributed by atoms with van der Waals surface area (Å²) < 4.78 is 22.4. The van der Waals surface area contributed by atoms with E-state index in [1.54, 1.807) is 12.3 Å². The second-order valence-corrected chi connectivity index (χ2v) is 12.3.